The van der Waals surface area contributed by atoms with Gasteiger partial charge in [0.25, 0.3) is 0 Å². The Morgan fingerprint density at radius 1 is 1.62 bits per heavy atom. The summed E-state index contributed by atoms with van der Waals surface area (Å²) in [5.41, 5.74) is 0. The number of hydrogen-bond donors (Lipinski definition) is 1. The minimum atomic E-state index is 0.618. The van der Waals surface area contributed by atoms with Crippen LogP contribution in [0.5, 0.6) is 0 Å². The van der Waals surface area contributed by atoms with Crippen molar-refractivity contribution in [1.82, 2.24) is 5.32 Å². The van der Waals surface area contributed by atoms with Gasteiger partial charge in [-0.15, -0.1) is 6.58 Å². The van der Waals surface area contributed by atoms with Crippen LogP contribution in [0.1, 0.15) is 12.8 Å². The van der Waals surface area contributed by atoms with Crippen LogP contribution < -0.4 is 5.32 Å². The van der Waals surface area contributed by atoms with Gasteiger partial charge in [-0.25, -0.2) is 0 Å². The highest BCUT2D eigenvalue weighted by molar-refractivity contribution is 4.98. The highest BCUT2D eigenvalue weighted by Crippen LogP contribution is 2.06. The lowest BCUT2D eigenvalue weighted by atomic mass is 10.4. The summed E-state index contributed by atoms with van der Waals surface area (Å²) in [5.74, 6) is 0. The zero-order chi connectivity index (χ0) is 5.82. The van der Waals surface area contributed by atoms with E-state index in [4.69, 9.17) is 0 Å². The maximum atomic E-state index is 3.63. The van der Waals surface area contributed by atoms with E-state index in [0.29, 0.717) is 6.04 Å². The summed E-state index contributed by atoms with van der Waals surface area (Å²) >= 11 is 0. The molecule has 0 spiro atoms. The van der Waals surface area contributed by atoms with Crippen molar-refractivity contribution in [1.29, 1.82) is 0 Å². The highest BCUT2D eigenvalue weighted by Gasteiger charge is 2.10. The smallest absolute Gasteiger partial charge is 0.0136 e. The normalized spacial score (nSPS) is 28.2. The third-order valence-corrected chi connectivity index (χ3v) is 1.47. The lowest BCUT2D eigenvalue weighted by Gasteiger charge is -2.02. The summed E-state index contributed by atoms with van der Waals surface area (Å²) < 4.78 is 0. The molecule has 1 heteroatoms. The van der Waals surface area contributed by atoms with Gasteiger partial charge in [0.05, 0.1) is 0 Å². The molecule has 1 N–H and O–H groups in total. The fraction of sp³-hybridized carbons (Fsp3) is 0.571. The zero-order valence-electron chi connectivity index (χ0n) is 5.06. The molecule has 1 rings (SSSR count). The molecule has 0 aromatic carbocycles. The van der Waals surface area contributed by atoms with Crippen LogP contribution >= 0.6 is 0 Å². The average molecular weight is 112 g/mol. The van der Waals surface area contributed by atoms with Crippen LogP contribution in [0.2, 0.25) is 0 Å². The molecule has 1 radical (unpaired) electrons. The fourth-order valence-corrected chi connectivity index (χ4v) is 1.04. The Hall–Kier alpha value is -0.300. The molecule has 0 amide bonds. The van der Waals surface area contributed by atoms with Crippen molar-refractivity contribution >= 4 is 0 Å². The maximum absolute atomic E-state index is 3.63. The Bertz CT molecular complexity index is 72.5. The molecule has 0 bridgehead atoms. The van der Waals surface area contributed by atoms with E-state index < -0.39 is 0 Å². The predicted octanol–water partition coefficient (Wildman–Crippen LogP) is 1.13. The largest absolute Gasteiger partial charge is 0.313 e. The SMILES string of the molecule is C=C[CH][14CH]1CCCN1. The quantitative estimate of drug-likeness (QED) is 0.564. The van der Waals surface area contributed by atoms with Crippen molar-refractivity contribution in [2.45, 2.75) is 18.9 Å². The van der Waals surface area contributed by atoms with Gasteiger partial charge >= 0.3 is 0 Å². The first-order chi connectivity index (χ1) is 3.93. The molecule has 0 aliphatic carbocycles. The summed E-state index contributed by atoms with van der Waals surface area (Å²) in [6, 6.07) is 0.618. The Kier molecular flexibility index (Phi) is 2.10. The Balaban J connectivity index is 2.14. The van der Waals surface area contributed by atoms with Crippen LogP contribution in [0.4, 0.5) is 0 Å². The lowest BCUT2D eigenvalue weighted by Crippen LogP contribution is -2.20. The van der Waals surface area contributed by atoms with Gasteiger partial charge in [-0.2, -0.15) is 0 Å². The van der Waals surface area contributed by atoms with Crippen molar-refractivity contribution in [2.24, 2.45) is 0 Å². The summed E-state index contributed by atoms with van der Waals surface area (Å²) in [6.07, 6.45) is 6.58. The molecule has 0 aromatic heterocycles. The standard InChI is InChI=1S/C7H12N/c1-2-4-7-5-3-6-8-7/h2,4,7-8H,1,3,5-6H2/i7+2. The molecule has 1 aliphatic rings. The first-order valence-electron chi connectivity index (χ1n) is 3.13. The van der Waals surface area contributed by atoms with E-state index in [1.165, 1.54) is 19.4 Å². The molecule has 1 heterocycles. The average Bonchev–Trinajstić information content (AvgIpc) is 2.19. The van der Waals surface area contributed by atoms with Crippen LogP contribution in [0, 0.1) is 6.42 Å². The topological polar surface area (TPSA) is 12.0 Å². The molecule has 0 saturated carbocycles. The van der Waals surface area contributed by atoms with Crippen molar-refractivity contribution in [3.8, 4) is 0 Å². The van der Waals surface area contributed by atoms with Crippen LogP contribution in [-0.4, -0.2) is 12.6 Å². The second-order valence-corrected chi connectivity index (χ2v) is 2.13. The first kappa shape index (κ1) is 5.83. The molecule has 1 aliphatic heterocycles. The molecule has 0 aromatic rings. The third-order valence-electron chi connectivity index (χ3n) is 1.47. The minimum absolute atomic E-state index is 0.618. The summed E-state index contributed by atoms with van der Waals surface area (Å²) in [4.78, 5) is 0. The molecule has 1 nitrogen and oxygen atoms in total. The molecular weight excluding hydrogens is 100 g/mol. The third kappa shape index (κ3) is 1.34. The predicted molar refractivity (Wildman–Crippen MR) is 35.5 cm³/mol. The molecule has 1 atom stereocenters. The molecule has 1 unspecified atom stereocenters. The maximum Gasteiger partial charge on any atom is 0.0136 e. The van der Waals surface area contributed by atoms with Crippen LogP contribution in [0.3, 0.4) is 0 Å². The Labute approximate surface area is 50.8 Å². The second kappa shape index (κ2) is 2.88. The molecule has 8 heavy (non-hydrogen) atoms. The van der Waals surface area contributed by atoms with Crippen LogP contribution in [-0.2, 0) is 0 Å². The molecule has 1 fully saturated rings. The fourth-order valence-electron chi connectivity index (χ4n) is 1.04. The first-order valence-corrected chi connectivity index (χ1v) is 3.13. The Morgan fingerprint density at radius 2 is 2.50 bits per heavy atom. The van der Waals surface area contributed by atoms with E-state index in [0.717, 1.165) is 0 Å². The minimum Gasteiger partial charge on any atom is -0.313 e. The lowest BCUT2D eigenvalue weighted by molar-refractivity contribution is 0.698. The highest BCUT2D eigenvalue weighted by atomic mass is 15.5. The van der Waals surface area contributed by atoms with Gasteiger partial charge in [-0.05, 0) is 25.8 Å². The number of rotatable bonds is 2. The number of nitrogens with one attached hydrogen (secondary N) is 1. The van der Waals surface area contributed by atoms with Gasteiger partial charge in [0, 0.05) is 6.04 Å². The Morgan fingerprint density at radius 3 is 3.00 bits per heavy atom. The molecule has 1 saturated heterocycles. The monoisotopic (exact) mass is 112 g/mol. The van der Waals surface area contributed by atoms with E-state index in [1.807, 2.05) is 6.08 Å². The van der Waals surface area contributed by atoms with E-state index in [1.54, 1.807) is 0 Å². The van der Waals surface area contributed by atoms with Crippen molar-refractivity contribution < 1.29 is 0 Å². The van der Waals surface area contributed by atoms with E-state index in [2.05, 4.69) is 18.3 Å². The van der Waals surface area contributed by atoms with Gasteiger partial charge in [0.2, 0.25) is 0 Å². The molecule has 45 valence electrons. The van der Waals surface area contributed by atoms with Gasteiger partial charge in [0.15, 0.2) is 0 Å². The van der Waals surface area contributed by atoms with Gasteiger partial charge < -0.3 is 5.32 Å². The van der Waals surface area contributed by atoms with E-state index in [9.17, 15) is 0 Å². The van der Waals surface area contributed by atoms with Gasteiger partial charge in [-0.3, -0.25) is 0 Å². The second-order valence-electron chi connectivity index (χ2n) is 2.13. The van der Waals surface area contributed by atoms with Crippen molar-refractivity contribution in [3.05, 3.63) is 19.1 Å². The summed E-state index contributed by atoms with van der Waals surface area (Å²) in [5, 5.41) is 3.33. The van der Waals surface area contributed by atoms with Crippen LogP contribution in [0.15, 0.2) is 12.7 Å². The van der Waals surface area contributed by atoms with Gasteiger partial charge in [-0.1, -0.05) is 6.08 Å². The number of hydrogen-bond acceptors (Lipinski definition) is 1. The van der Waals surface area contributed by atoms with E-state index >= 15 is 0 Å². The van der Waals surface area contributed by atoms with E-state index in [-0.39, 0.29) is 0 Å². The summed E-state index contributed by atoms with van der Waals surface area (Å²) in [6.45, 7) is 4.80. The van der Waals surface area contributed by atoms with Crippen LogP contribution in [0.25, 0.3) is 0 Å². The van der Waals surface area contributed by atoms with Crippen molar-refractivity contribution in [2.75, 3.05) is 6.54 Å². The molecular formula is C7H12N. The van der Waals surface area contributed by atoms with Crippen molar-refractivity contribution in [3.63, 3.8) is 0 Å². The summed E-state index contributed by atoms with van der Waals surface area (Å²) in [7, 11) is 0. The van der Waals surface area contributed by atoms with Gasteiger partial charge in [0.1, 0.15) is 0 Å². The zero-order valence-corrected chi connectivity index (χ0v) is 5.06.